The van der Waals surface area contributed by atoms with Crippen LogP contribution in [0.15, 0.2) is 12.3 Å². The summed E-state index contributed by atoms with van der Waals surface area (Å²) >= 11 is 0. The van der Waals surface area contributed by atoms with Crippen molar-refractivity contribution in [2.75, 3.05) is 0 Å². The molecule has 2 heterocycles. The Morgan fingerprint density at radius 2 is 2.55 bits per heavy atom. The van der Waals surface area contributed by atoms with E-state index in [1.807, 2.05) is 0 Å². The summed E-state index contributed by atoms with van der Waals surface area (Å²) in [6, 6.07) is 4.31. The van der Waals surface area contributed by atoms with Crippen LogP contribution in [0.1, 0.15) is 17.7 Å². The minimum atomic E-state index is 0.556. The standard InChI is InChI=1S/C9H10N2/c10-4-3-8-6-9-2-1-5-11(9)7-8/h6-7H,1-3,5H2. The summed E-state index contributed by atoms with van der Waals surface area (Å²) < 4.78 is 2.26. The fraction of sp³-hybridized carbons (Fsp3) is 0.444. The third kappa shape index (κ3) is 1.03. The molecule has 2 nitrogen and oxygen atoms in total. The van der Waals surface area contributed by atoms with Crippen LogP contribution in [0.25, 0.3) is 0 Å². The van der Waals surface area contributed by atoms with Crippen molar-refractivity contribution in [3.05, 3.63) is 23.5 Å². The van der Waals surface area contributed by atoms with Crippen LogP contribution in [0.3, 0.4) is 0 Å². The summed E-state index contributed by atoms with van der Waals surface area (Å²) in [5, 5.41) is 8.45. The number of aromatic nitrogens is 1. The van der Waals surface area contributed by atoms with Gasteiger partial charge in [0.2, 0.25) is 0 Å². The molecule has 0 spiro atoms. The van der Waals surface area contributed by atoms with Gasteiger partial charge in [-0.05, 0) is 24.5 Å². The van der Waals surface area contributed by atoms with E-state index in [1.165, 1.54) is 24.1 Å². The molecule has 2 rings (SSSR count). The van der Waals surface area contributed by atoms with Gasteiger partial charge in [-0.3, -0.25) is 0 Å². The van der Waals surface area contributed by atoms with Gasteiger partial charge in [-0.25, -0.2) is 0 Å². The van der Waals surface area contributed by atoms with E-state index in [1.54, 1.807) is 0 Å². The molecule has 0 radical (unpaired) electrons. The Bertz CT molecular complexity index is 282. The highest BCUT2D eigenvalue weighted by molar-refractivity contribution is 5.23. The smallest absolute Gasteiger partial charge is 0.0670 e. The van der Waals surface area contributed by atoms with Gasteiger partial charge in [0, 0.05) is 18.4 Å². The first-order chi connectivity index (χ1) is 5.40. The normalized spacial score (nSPS) is 14.5. The van der Waals surface area contributed by atoms with Crippen LogP contribution in [0, 0.1) is 11.3 Å². The lowest BCUT2D eigenvalue weighted by atomic mass is 10.2. The Morgan fingerprint density at radius 1 is 1.64 bits per heavy atom. The van der Waals surface area contributed by atoms with Crippen molar-refractivity contribution in [1.29, 1.82) is 5.26 Å². The third-order valence-corrected chi connectivity index (χ3v) is 2.16. The Hall–Kier alpha value is -1.23. The molecule has 0 N–H and O–H groups in total. The topological polar surface area (TPSA) is 28.7 Å². The highest BCUT2D eigenvalue weighted by Crippen LogP contribution is 2.17. The van der Waals surface area contributed by atoms with Gasteiger partial charge >= 0.3 is 0 Å². The molecule has 0 saturated heterocycles. The largest absolute Gasteiger partial charge is 0.351 e. The van der Waals surface area contributed by atoms with Crippen molar-refractivity contribution in [3.8, 4) is 6.07 Å². The molecule has 0 fully saturated rings. The summed E-state index contributed by atoms with van der Waals surface area (Å²) in [6.07, 6.45) is 5.11. The van der Waals surface area contributed by atoms with Gasteiger partial charge < -0.3 is 4.57 Å². The fourth-order valence-electron chi connectivity index (χ4n) is 1.66. The van der Waals surface area contributed by atoms with E-state index in [4.69, 9.17) is 5.26 Å². The lowest BCUT2D eigenvalue weighted by Gasteiger charge is -1.91. The van der Waals surface area contributed by atoms with E-state index in [-0.39, 0.29) is 0 Å². The molecule has 56 valence electrons. The number of nitriles is 1. The summed E-state index contributed by atoms with van der Waals surface area (Å²) in [7, 11) is 0. The lowest BCUT2D eigenvalue weighted by molar-refractivity contribution is 0.747. The first kappa shape index (κ1) is 6.48. The van der Waals surface area contributed by atoms with Crippen molar-refractivity contribution in [1.82, 2.24) is 4.57 Å². The average Bonchev–Trinajstić information content (AvgIpc) is 2.46. The predicted molar refractivity (Wildman–Crippen MR) is 42.1 cm³/mol. The first-order valence-corrected chi connectivity index (χ1v) is 3.95. The summed E-state index contributed by atoms with van der Waals surface area (Å²) in [5.74, 6) is 0. The molecule has 0 aliphatic carbocycles. The van der Waals surface area contributed by atoms with Gasteiger partial charge in [0.05, 0.1) is 12.5 Å². The molecule has 0 atom stereocenters. The van der Waals surface area contributed by atoms with E-state index < -0.39 is 0 Å². The maximum absolute atomic E-state index is 8.45. The lowest BCUT2D eigenvalue weighted by Crippen LogP contribution is -1.87. The van der Waals surface area contributed by atoms with E-state index in [0.29, 0.717) is 6.42 Å². The number of fused-ring (bicyclic) bond motifs is 1. The third-order valence-electron chi connectivity index (χ3n) is 2.16. The zero-order chi connectivity index (χ0) is 7.68. The second-order valence-electron chi connectivity index (χ2n) is 2.97. The second kappa shape index (κ2) is 2.43. The Labute approximate surface area is 66.1 Å². The number of hydrogen-bond acceptors (Lipinski definition) is 1. The molecule has 2 heteroatoms. The summed E-state index contributed by atoms with van der Waals surface area (Å²) in [6.45, 7) is 1.14. The first-order valence-electron chi connectivity index (χ1n) is 3.95. The minimum absolute atomic E-state index is 0.556. The molecule has 0 saturated carbocycles. The number of nitrogens with zero attached hydrogens (tertiary/aromatic N) is 2. The zero-order valence-electron chi connectivity index (χ0n) is 6.38. The molecular formula is C9H10N2. The monoisotopic (exact) mass is 146 g/mol. The van der Waals surface area contributed by atoms with Crippen molar-refractivity contribution < 1.29 is 0 Å². The van der Waals surface area contributed by atoms with E-state index in [9.17, 15) is 0 Å². The molecule has 11 heavy (non-hydrogen) atoms. The van der Waals surface area contributed by atoms with E-state index >= 15 is 0 Å². The second-order valence-corrected chi connectivity index (χ2v) is 2.97. The van der Waals surface area contributed by atoms with Gasteiger partial charge in [0.25, 0.3) is 0 Å². The van der Waals surface area contributed by atoms with Crippen LogP contribution < -0.4 is 0 Å². The average molecular weight is 146 g/mol. The number of hydrogen-bond donors (Lipinski definition) is 0. The molecule has 0 unspecified atom stereocenters. The maximum atomic E-state index is 8.45. The van der Waals surface area contributed by atoms with Gasteiger partial charge in [0.15, 0.2) is 0 Å². The van der Waals surface area contributed by atoms with Crippen LogP contribution in [0.4, 0.5) is 0 Å². The molecule has 0 bridgehead atoms. The maximum Gasteiger partial charge on any atom is 0.0670 e. The quantitative estimate of drug-likeness (QED) is 0.590. The Balaban J connectivity index is 2.29. The molecule has 0 aromatic carbocycles. The predicted octanol–water partition coefficient (Wildman–Crippen LogP) is 1.50. The summed E-state index contributed by atoms with van der Waals surface area (Å²) in [5.41, 5.74) is 2.57. The zero-order valence-corrected chi connectivity index (χ0v) is 6.38. The molecule has 1 aromatic heterocycles. The Kier molecular flexibility index (Phi) is 1.43. The summed E-state index contributed by atoms with van der Waals surface area (Å²) in [4.78, 5) is 0. The number of aryl methyl sites for hydroxylation is 2. The Morgan fingerprint density at radius 3 is 3.27 bits per heavy atom. The SMILES string of the molecule is N#CCc1cc2n(c1)CCC2. The number of rotatable bonds is 1. The molecule has 0 amide bonds. The van der Waals surface area contributed by atoms with Crippen LogP contribution >= 0.6 is 0 Å². The van der Waals surface area contributed by atoms with E-state index in [2.05, 4.69) is 22.9 Å². The van der Waals surface area contributed by atoms with Crippen molar-refractivity contribution in [2.45, 2.75) is 25.8 Å². The van der Waals surface area contributed by atoms with Gasteiger partial charge in [-0.15, -0.1) is 0 Å². The van der Waals surface area contributed by atoms with Gasteiger partial charge in [0.1, 0.15) is 0 Å². The fourth-order valence-corrected chi connectivity index (χ4v) is 1.66. The molecular weight excluding hydrogens is 136 g/mol. The highest BCUT2D eigenvalue weighted by atomic mass is 15.0. The van der Waals surface area contributed by atoms with Crippen molar-refractivity contribution >= 4 is 0 Å². The van der Waals surface area contributed by atoms with Crippen LogP contribution in [0.2, 0.25) is 0 Å². The molecule has 1 aliphatic heterocycles. The van der Waals surface area contributed by atoms with Crippen molar-refractivity contribution in [2.24, 2.45) is 0 Å². The van der Waals surface area contributed by atoms with Gasteiger partial charge in [-0.2, -0.15) is 5.26 Å². The highest BCUT2D eigenvalue weighted by Gasteiger charge is 2.10. The van der Waals surface area contributed by atoms with Crippen LogP contribution in [-0.4, -0.2) is 4.57 Å². The van der Waals surface area contributed by atoms with Crippen LogP contribution in [-0.2, 0) is 19.4 Å². The molecule has 1 aromatic rings. The minimum Gasteiger partial charge on any atom is -0.351 e. The van der Waals surface area contributed by atoms with Crippen LogP contribution in [0.5, 0.6) is 0 Å². The van der Waals surface area contributed by atoms with Crippen molar-refractivity contribution in [3.63, 3.8) is 0 Å². The van der Waals surface area contributed by atoms with E-state index in [0.717, 1.165) is 6.54 Å². The van der Waals surface area contributed by atoms with Gasteiger partial charge in [-0.1, -0.05) is 0 Å². The molecule has 1 aliphatic rings.